The van der Waals surface area contributed by atoms with E-state index in [1.54, 1.807) is 6.20 Å². The van der Waals surface area contributed by atoms with Crippen LogP contribution in [0.4, 0.5) is 5.82 Å². The predicted molar refractivity (Wildman–Crippen MR) is 126 cm³/mol. The zero-order valence-corrected chi connectivity index (χ0v) is 19.8. The molecule has 0 saturated carbocycles. The summed E-state index contributed by atoms with van der Waals surface area (Å²) < 4.78 is 13.1. The smallest absolute Gasteiger partial charge is 0.231 e. The normalized spacial score (nSPS) is 12.9. The zero-order chi connectivity index (χ0) is 23.9. The number of rotatable bonds is 6. The molecular formula is C22H24N8O3S. The summed E-state index contributed by atoms with van der Waals surface area (Å²) in [5, 5.41) is 10.8. The largest absolute Gasteiger partial charge is 0.454 e. The number of amides is 1. The van der Waals surface area contributed by atoms with Gasteiger partial charge in [-0.3, -0.25) is 9.89 Å². The molecule has 34 heavy (non-hydrogen) atoms. The van der Waals surface area contributed by atoms with Gasteiger partial charge >= 0.3 is 0 Å². The number of hydrogen-bond donors (Lipinski definition) is 3. The van der Waals surface area contributed by atoms with Crippen molar-refractivity contribution in [1.82, 2.24) is 35.0 Å². The van der Waals surface area contributed by atoms with E-state index >= 15 is 0 Å². The second-order valence-corrected chi connectivity index (χ2v) is 9.76. The van der Waals surface area contributed by atoms with Gasteiger partial charge in [-0.05, 0) is 18.2 Å². The first-order valence-electron chi connectivity index (χ1n) is 10.7. The highest BCUT2D eigenvalue weighted by atomic mass is 32.2. The van der Waals surface area contributed by atoms with Gasteiger partial charge in [0.2, 0.25) is 12.7 Å². The lowest BCUT2D eigenvalue weighted by atomic mass is 9.96. The van der Waals surface area contributed by atoms with E-state index in [9.17, 15) is 4.79 Å². The molecule has 0 aliphatic carbocycles. The number of carbonyl (C=O) groups excluding carboxylic acids is 1. The van der Waals surface area contributed by atoms with Crippen LogP contribution in [0, 0.1) is 5.41 Å². The Kier molecular flexibility index (Phi) is 5.52. The molecule has 4 N–H and O–H groups in total. The molecule has 3 aromatic heterocycles. The number of aromatic amines is 1. The van der Waals surface area contributed by atoms with Gasteiger partial charge in [-0.25, -0.2) is 15.0 Å². The molecule has 1 aromatic carbocycles. The van der Waals surface area contributed by atoms with Gasteiger partial charge in [-0.1, -0.05) is 32.5 Å². The molecule has 1 aliphatic heterocycles. The Morgan fingerprint density at radius 2 is 2.06 bits per heavy atom. The highest BCUT2D eigenvalue weighted by Crippen LogP contribution is 2.44. The van der Waals surface area contributed by atoms with E-state index in [2.05, 4.69) is 25.5 Å². The number of nitrogen functional groups attached to an aromatic ring is 1. The second-order valence-electron chi connectivity index (χ2n) is 8.75. The lowest BCUT2D eigenvalue weighted by molar-refractivity contribution is -0.128. The van der Waals surface area contributed by atoms with Gasteiger partial charge in [0, 0.05) is 35.2 Å². The molecule has 0 bridgehead atoms. The van der Waals surface area contributed by atoms with E-state index in [4.69, 9.17) is 20.2 Å². The van der Waals surface area contributed by atoms with E-state index in [0.717, 1.165) is 16.2 Å². The van der Waals surface area contributed by atoms with Gasteiger partial charge in [-0.2, -0.15) is 5.10 Å². The zero-order valence-electron chi connectivity index (χ0n) is 19.0. The summed E-state index contributed by atoms with van der Waals surface area (Å²) in [6.07, 6.45) is 3.17. The summed E-state index contributed by atoms with van der Waals surface area (Å²) in [4.78, 5) is 26.4. The summed E-state index contributed by atoms with van der Waals surface area (Å²) >= 11 is 1.43. The van der Waals surface area contributed by atoms with Gasteiger partial charge in [0.1, 0.15) is 6.33 Å². The standard InChI is InChI=1S/C22H24N8O3S/c1-22(2,3)20(31)24-6-7-30-19-17(18(23)25-10-26-19)28-21(30)34-16-9-15-14(32-11-33-15)8-12(16)13-4-5-27-29-13/h4-5,8-10H,6-7,11H2,1-3H3,(H,24,31)(H,27,29)(H2,23,25,26). The quantitative estimate of drug-likeness (QED) is 0.379. The number of nitrogens with one attached hydrogen (secondary N) is 2. The van der Waals surface area contributed by atoms with Crippen molar-refractivity contribution in [2.75, 3.05) is 19.1 Å². The summed E-state index contributed by atoms with van der Waals surface area (Å²) in [7, 11) is 0. The van der Waals surface area contributed by atoms with Crippen molar-refractivity contribution in [1.29, 1.82) is 0 Å². The van der Waals surface area contributed by atoms with Gasteiger partial charge < -0.3 is 25.1 Å². The Labute approximate surface area is 199 Å². The molecule has 1 aliphatic rings. The van der Waals surface area contributed by atoms with E-state index in [1.807, 2.05) is 43.5 Å². The van der Waals surface area contributed by atoms with E-state index in [0.29, 0.717) is 46.7 Å². The molecule has 176 valence electrons. The fourth-order valence-corrected chi connectivity index (χ4v) is 4.54. The first kappa shape index (κ1) is 22.0. The van der Waals surface area contributed by atoms with E-state index in [1.165, 1.54) is 18.1 Å². The Morgan fingerprint density at radius 1 is 1.26 bits per heavy atom. The van der Waals surface area contributed by atoms with E-state index < -0.39 is 5.41 Å². The van der Waals surface area contributed by atoms with Crippen molar-refractivity contribution in [2.45, 2.75) is 37.4 Å². The molecule has 0 spiro atoms. The van der Waals surface area contributed by atoms with Crippen LogP contribution in [-0.2, 0) is 11.3 Å². The highest BCUT2D eigenvalue weighted by Gasteiger charge is 2.24. The maximum Gasteiger partial charge on any atom is 0.231 e. The minimum absolute atomic E-state index is 0.0307. The summed E-state index contributed by atoms with van der Waals surface area (Å²) in [5.41, 5.74) is 8.35. The van der Waals surface area contributed by atoms with Crippen LogP contribution in [0.25, 0.3) is 22.4 Å². The molecule has 12 heteroatoms. The summed E-state index contributed by atoms with van der Waals surface area (Å²) in [5.74, 6) is 1.58. The van der Waals surface area contributed by atoms with Crippen LogP contribution >= 0.6 is 11.8 Å². The second kappa shape index (κ2) is 8.52. The number of carbonyl (C=O) groups is 1. The van der Waals surface area contributed by atoms with Crippen molar-refractivity contribution in [2.24, 2.45) is 5.41 Å². The molecule has 0 saturated heterocycles. The van der Waals surface area contributed by atoms with Gasteiger partial charge in [0.25, 0.3) is 0 Å². The van der Waals surface area contributed by atoms with Crippen LogP contribution in [0.1, 0.15) is 20.8 Å². The van der Waals surface area contributed by atoms with Crippen LogP contribution in [0.3, 0.4) is 0 Å². The van der Waals surface area contributed by atoms with Crippen molar-refractivity contribution in [3.63, 3.8) is 0 Å². The number of anilines is 1. The third-order valence-corrected chi connectivity index (χ3v) is 6.33. The number of aromatic nitrogens is 6. The van der Waals surface area contributed by atoms with Gasteiger partial charge in [-0.15, -0.1) is 0 Å². The van der Waals surface area contributed by atoms with Crippen molar-refractivity contribution >= 4 is 34.7 Å². The monoisotopic (exact) mass is 480 g/mol. The molecular weight excluding hydrogens is 456 g/mol. The molecule has 4 aromatic rings. The maximum atomic E-state index is 12.3. The van der Waals surface area contributed by atoms with Gasteiger partial charge in [0.15, 0.2) is 33.6 Å². The van der Waals surface area contributed by atoms with Crippen LogP contribution < -0.4 is 20.5 Å². The third-order valence-electron chi connectivity index (χ3n) is 5.28. The van der Waals surface area contributed by atoms with Crippen LogP contribution in [0.5, 0.6) is 11.5 Å². The Hall–Kier alpha value is -3.80. The Balaban J connectivity index is 1.53. The number of ether oxygens (including phenoxy) is 2. The number of benzene rings is 1. The minimum atomic E-state index is -0.480. The fraction of sp³-hybridized carbons (Fsp3) is 0.318. The minimum Gasteiger partial charge on any atom is -0.454 e. The highest BCUT2D eigenvalue weighted by molar-refractivity contribution is 7.99. The van der Waals surface area contributed by atoms with Crippen molar-refractivity contribution < 1.29 is 14.3 Å². The summed E-state index contributed by atoms with van der Waals surface area (Å²) in [6, 6.07) is 5.71. The first-order chi connectivity index (χ1) is 16.3. The Morgan fingerprint density at radius 3 is 2.79 bits per heavy atom. The molecule has 1 amide bonds. The summed E-state index contributed by atoms with van der Waals surface area (Å²) in [6.45, 7) is 6.66. The maximum absolute atomic E-state index is 12.3. The number of nitrogens with two attached hydrogens (primary N) is 1. The number of nitrogens with zero attached hydrogens (tertiary/aromatic N) is 5. The fourth-order valence-electron chi connectivity index (χ4n) is 3.48. The SMILES string of the molecule is CC(C)(C)C(=O)NCCn1c(Sc2cc3c(cc2-c2cc[nH]n2)OCO3)nc2c(N)ncnc21. The van der Waals surface area contributed by atoms with Crippen LogP contribution in [0.2, 0.25) is 0 Å². The molecule has 5 rings (SSSR count). The third kappa shape index (κ3) is 4.12. The molecule has 0 atom stereocenters. The molecule has 0 fully saturated rings. The number of H-pyrrole nitrogens is 1. The lowest BCUT2D eigenvalue weighted by Gasteiger charge is -2.18. The van der Waals surface area contributed by atoms with Crippen LogP contribution in [0.15, 0.2) is 40.8 Å². The van der Waals surface area contributed by atoms with Crippen LogP contribution in [-0.4, -0.2) is 49.0 Å². The molecule has 0 unspecified atom stereocenters. The Bertz CT molecular complexity index is 1360. The van der Waals surface area contributed by atoms with Crippen molar-refractivity contribution in [3.05, 3.63) is 30.7 Å². The molecule has 11 nitrogen and oxygen atoms in total. The first-order valence-corrected chi connectivity index (χ1v) is 11.5. The lowest BCUT2D eigenvalue weighted by Crippen LogP contribution is -2.36. The van der Waals surface area contributed by atoms with Crippen molar-refractivity contribution in [3.8, 4) is 22.8 Å². The number of hydrogen-bond acceptors (Lipinski definition) is 9. The average molecular weight is 481 g/mol. The van der Waals surface area contributed by atoms with E-state index in [-0.39, 0.29) is 12.7 Å². The van der Waals surface area contributed by atoms with Gasteiger partial charge in [0.05, 0.1) is 5.69 Å². The number of imidazole rings is 1. The topological polar surface area (TPSA) is 146 Å². The number of fused-ring (bicyclic) bond motifs is 2. The molecule has 4 heterocycles. The average Bonchev–Trinajstić information content (AvgIpc) is 3.53. The predicted octanol–water partition coefficient (Wildman–Crippen LogP) is 2.84. The molecule has 0 radical (unpaired) electrons.